The molecule has 0 radical (unpaired) electrons. The van der Waals surface area contributed by atoms with Crippen molar-refractivity contribution in [2.24, 2.45) is 0 Å². The zero-order chi connectivity index (χ0) is 15.2. The molecule has 7 nitrogen and oxygen atoms in total. The van der Waals surface area contributed by atoms with Crippen molar-refractivity contribution in [1.82, 2.24) is 15.3 Å². The van der Waals surface area contributed by atoms with E-state index < -0.39 is 5.97 Å². The van der Waals surface area contributed by atoms with Crippen LogP contribution in [0, 0.1) is 0 Å². The Bertz CT molecular complexity index is 538. The molecule has 1 aliphatic heterocycles. The summed E-state index contributed by atoms with van der Waals surface area (Å²) in [5.41, 5.74) is 5.90. The van der Waals surface area contributed by atoms with Gasteiger partial charge in [0.15, 0.2) is 5.16 Å². The maximum Gasteiger partial charge on any atom is 0.343 e. The van der Waals surface area contributed by atoms with Crippen LogP contribution in [0.3, 0.4) is 0 Å². The van der Waals surface area contributed by atoms with Gasteiger partial charge in [-0.05, 0) is 19.8 Å². The van der Waals surface area contributed by atoms with E-state index in [1.807, 2.05) is 0 Å². The van der Waals surface area contributed by atoms with E-state index >= 15 is 0 Å². The van der Waals surface area contributed by atoms with E-state index in [2.05, 4.69) is 15.3 Å². The van der Waals surface area contributed by atoms with Gasteiger partial charge in [-0.25, -0.2) is 14.8 Å². The van der Waals surface area contributed by atoms with E-state index in [-0.39, 0.29) is 29.1 Å². The lowest BCUT2D eigenvalue weighted by Crippen LogP contribution is -2.30. The highest BCUT2D eigenvalue weighted by Crippen LogP contribution is 2.26. The third-order valence-electron chi connectivity index (χ3n) is 3.02. The molecule has 0 bridgehead atoms. The Balaban J connectivity index is 2.09. The van der Waals surface area contributed by atoms with Crippen LogP contribution in [0.4, 0.5) is 5.82 Å². The van der Waals surface area contributed by atoms with Crippen molar-refractivity contribution in [2.45, 2.75) is 36.6 Å². The SMILES string of the molecule is CCOC(=O)c1cnc(S[C@@H]2CCCCNC2=O)nc1N. The molecule has 0 spiro atoms. The van der Waals surface area contributed by atoms with Gasteiger partial charge >= 0.3 is 5.97 Å². The summed E-state index contributed by atoms with van der Waals surface area (Å²) in [6, 6.07) is 0. The molecule has 1 saturated heterocycles. The summed E-state index contributed by atoms with van der Waals surface area (Å²) < 4.78 is 4.86. The Morgan fingerprint density at radius 2 is 2.38 bits per heavy atom. The number of nitrogen functional groups attached to an aromatic ring is 1. The van der Waals surface area contributed by atoms with Crippen molar-refractivity contribution in [2.75, 3.05) is 18.9 Å². The lowest BCUT2D eigenvalue weighted by molar-refractivity contribution is -0.120. The molecule has 3 N–H and O–H groups in total. The van der Waals surface area contributed by atoms with Crippen LogP contribution in [0.1, 0.15) is 36.5 Å². The molecule has 0 unspecified atom stereocenters. The van der Waals surface area contributed by atoms with Crippen LogP contribution in [0.5, 0.6) is 0 Å². The van der Waals surface area contributed by atoms with Gasteiger partial charge in [-0.3, -0.25) is 4.79 Å². The van der Waals surface area contributed by atoms with Crippen LogP contribution in [0.2, 0.25) is 0 Å². The monoisotopic (exact) mass is 310 g/mol. The molecule has 1 atom stereocenters. The molecule has 8 heteroatoms. The number of ether oxygens (including phenoxy) is 1. The summed E-state index contributed by atoms with van der Waals surface area (Å²) in [6.45, 7) is 2.68. The number of anilines is 1. The predicted octanol–water partition coefficient (Wildman–Crippen LogP) is 0.996. The van der Waals surface area contributed by atoms with Crippen molar-refractivity contribution >= 4 is 29.5 Å². The van der Waals surface area contributed by atoms with Crippen LogP contribution < -0.4 is 11.1 Å². The molecule has 0 aliphatic carbocycles. The molecule has 1 amide bonds. The van der Waals surface area contributed by atoms with E-state index in [1.54, 1.807) is 6.92 Å². The first kappa shape index (κ1) is 15.6. The normalized spacial score (nSPS) is 18.7. The molecule has 2 heterocycles. The number of rotatable bonds is 4. The maximum absolute atomic E-state index is 11.9. The number of hydrogen-bond donors (Lipinski definition) is 2. The fourth-order valence-corrected chi connectivity index (χ4v) is 2.95. The first-order valence-corrected chi connectivity index (χ1v) is 7.73. The number of amides is 1. The predicted molar refractivity (Wildman–Crippen MR) is 78.9 cm³/mol. The molecule has 1 aliphatic rings. The topological polar surface area (TPSA) is 107 Å². The molecule has 2 rings (SSSR count). The molecule has 0 aromatic carbocycles. The third kappa shape index (κ3) is 4.07. The lowest BCUT2D eigenvalue weighted by Gasteiger charge is -2.12. The van der Waals surface area contributed by atoms with Gasteiger partial charge in [-0.15, -0.1) is 0 Å². The standard InChI is InChI=1S/C13H18N4O3S/c1-2-20-12(19)8-7-16-13(17-10(8)14)21-9-5-3-4-6-15-11(9)18/h7,9H,2-6H2,1H3,(H,15,18)(H2,14,16,17)/t9-/m1/s1. The molecule has 0 saturated carbocycles. The van der Waals surface area contributed by atoms with Gasteiger partial charge in [0, 0.05) is 12.7 Å². The van der Waals surface area contributed by atoms with Gasteiger partial charge in [-0.2, -0.15) is 0 Å². The Morgan fingerprint density at radius 1 is 1.57 bits per heavy atom. The number of nitrogens with zero attached hydrogens (tertiary/aromatic N) is 2. The number of nitrogens with two attached hydrogens (primary N) is 1. The second-order valence-electron chi connectivity index (χ2n) is 4.57. The number of thioether (sulfide) groups is 1. The van der Waals surface area contributed by atoms with Gasteiger partial charge in [0.1, 0.15) is 11.4 Å². The van der Waals surface area contributed by atoms with E-state index in [9.17, 15) is 9.59 Å². The molecule has 21 heavy (non-hydrogen) atoms. The minimum absolute atomic E-state index is 0.00543. The van der Waals surface area contributed by atoms with Crippen molar-refractivity contribution < 1.29 is 14.3 Å². The quantitative estimate of drug-likeness (QED) is 0.631. The van der Waals surface area contributed by atoms with Gasteiger partial charge in [-0.1, -0.05) is 18.2 Å². The molecular formula is C13H18N4O3S. The molecule has 1 fully saturated rings. The van der Waals surface area contributed by atoms with Crippen LogP contribution >= 0.6 is 11.8 Å². The average Bonchev–Trinajstić information content (AvgIpc) is 2.64. The van der Waals surface area contributed by atoms with Crippen molar-refractivity contribution in [1.29, 1.82) is 0 Å². The number of esters is 1. The summed E-state index contributed by atoms with van der Waals surface area (Å²) in [5.74, 6) is -0.479. The Morgan fingerprint density at radius 3 is 3.10 bits per heavy atom. The molecular weight excluding hydrogens is 292 g/mol. The fraction of sp³-hybridized carbons (Fsp3) is 0.538. The largest absolute Gasteiger partial charge is 0.462 e. The summed E-state index contributed by atoms with van der Waals surface area (Å²) in [7, 11) is 0. The van der Waals surface area contributed by atoms with Crippen LogP contribution in [0.15, 0.2) is 11.4 Å². The zero-order valence-electron chi connectivity index (χ0n) is 11.8. The van der Waals surface area contributed by atoms with E-state index in [4.69, 9.17) is 10.5 Å². The molecule has 1 aromatic heterocycles. The lowest BCUT2D eigenvalue weighted by atomic mass is 10.2. The Labute approximate surface area is 127 Å². The van der Waals surface area contributed by atoms with Gasteiger partial charge in [0.05, 0.1) is 11.9 Å². The first-order valence-electron chi connectivity index (χ1n) is 6.85. The number of aromatic nitrogens is 2. The second kappa shape index (κ2) is 7.26. The van der Waals surface area contributed by atoms with Crippen molar-refractivity contribution in [3.05, 3.63) is 11.8 Å². The first-order chi connectivity index (χ1) is 10.1. The average molecular weight is 310 g/mol. The fourth-order valence-electron chi connectivity index (χ4n) is 1.95. The summed E-state index contributed by atoms with van der Waals surface area (Å²) >= 11 is 1.27. The number of carbonyl (C=O) groups excluding carboxylic acids is 2. The Kier molecular flexibility index (Phi) is 5.38. The highest BCUT2D eigenvalue weighted by Gasteiger charge is 2.23. The number of hydrogen-bond acceptors (Lipinski definition) is 7. The smallest absolute Gasteiger partial charge is 0.343 e. The van der Waals surface area contributed by atoms with Crippen LogP contribution in [-0.2, 0) is 9.53 Å². The maximum atomic E-state index is 11.9. The summed E-state index contributed by atoms with van der Waals surface area (Å²) in [6.07, 6.45) is 4.08. The minimum Gasteiger partial charge on any atom is -0.462 e. The third-order valence-corrected chi connectivity index (χ3v) is 4.17. The zero-order valence-corrected chi connectivity index (χ0v) is 12.6. The highest BCUT2D eigenvalue weighted by molar-refractivity contribution is 8.00. The summed E-state index contributed by atoms with van der Waals surface area (Å²) in [4.78, 5) is 31.7. The van der Waals surface area contributed by atoms with Gasteiger partial charge in [0.2, 0.25) is 5.91 Å². The van der Waals surface area contributed by atoms with Crippen molar-refractivity contribution in [3.63, 3.8) is 0 Å². The van der Waals surface area contributed by atoms with E-state index in [0.717, 1.165) is 19.3 Å². The summed E-state index contributed by atoms with van der Waals surface area (Å²) in [5, 5.41) is 3.02. The second-order valence-corrected chi connectivity index (χ2v) is 5.74. The number of carbonyl (C=O) groups is 2. The van der Waals surface area contributed by atoms with Crippen molar-refractivity contribution in [3.8, 4) is 0 Å². The number of nitrogens with one attached hydrogen (secondary N) is 1. The molecule has 1 aromatic rings. The highest BCUT2D eigenvalue weighted by atomic mass is 32.2. The van der Waals surface area contributed by atoms with Gasteiger partial charge < -0.3 is 15.8 Å². The van der Waals surface area contributed by atoms with Crippen LogP contribution in [-0.4, -0.2) is 40.2 Å². The minimum atomic E-state index is -0.543. The van der Waals surface area contributed by atoms with E-state index in [1.165, 1.54) is 18.0 Å². The Hall–Kier alpha value is -1.83. The molecule has 114 valence electrons. The van der Waals surface area contributed by atoms with E-state index in [0.29, 0.717) is 11.7 Å². The van der Waals surface area contributed by atoms with Gasteiger partial charge in [0.25, 0.3) is 0 Å². The van der Waals surface area contributed by atoms with Crippen LogP contribution in [0.25, 0.3) is 0 Å².